The van der Waals surface area contributed by atoms with Crippen molar-refractivity contribution in [3.8, 4) is 0 Å². The second-order valence-electron chi connectivity index (χ2n) is 3.29. The zero-order valence-corrected chi connectivity index (χ0v) is 9.49. The molecule has 0 aliphatic carbocycles. The molecule has 0 saturated carbocycles. The van der Waals surface area contributed by atoms with Crippen LogP contribution in [0.3, 0.4) is 0 Å². The molecule has 1 atom stereocenters. The second-order valence-corrected chi connectivity index (χ2v) is 3.29. The zero-order chi connectivity index (χ0) is 11.7. The van der Waals surface area contributed by atoms with E-state index in [4.69, 9.17) is 20.3 Å². The molecule has 0 amide bonds. The number of rotatable bonds is 8. The maximum absolute atomic E-state index is 11.3. The maximum Gasteiger partial charge on any atom is 0.308 e. The first-order valence-corrected chi connectivity index (χ1v) is 5.24. The fraction of sp³-hybridized carbons (Fsp3) is 0.900. The van der Waals surface area contributed by atoms with Crippen molar-refractivity contribution in [2.45, 2.75) is 32.3 Å². The van der Waals surface area contributed by atoms with E-state index in [9.17, 15) is 4.79 Å². The van der Waals surface area contributed by atoms with Gasteiger partial charge in [0, 0.05) is 6.54 Å². The van der Waals surface area contributed by atoms with Gasteiger partial charge in [0.15, 0.2) is 0 Å². The van der Waals surface area contributed by atoms with Gasteiger partial charge < -0.3 is 20.3 Å². The molecule has 5 nitrogen and oxygen atoms in total. The SMILES string of the molecule is CCOC(=O)CC(CC)(CN)OCCO. The molecule has 0 bridgehead atoms. The van der Waals surface area contributed by atoms with E-state index in [2.05, 4.69) is 0 Å². The van der Waals surface area contributed by atoms with Crippen molar-refractivity contribution in [3.05, 3.63) is 0 Å². The summed E-state index contributed by atoms with van der Waals surface area (Å²) >= 11 is 0. The van der Waals surface area contributed by atoms with Gasteiger partial charge in [-0.05, 0) is 13.3 Å². The maximum atomic E-state index is 11.3. The van der Waals surface area contributed by atoms with Crippen molar-refractivity contribution in [2.24, 2.45) is 5.73 Å². The summed E-state index contributed by atoms with van der Waals surface area (Å²) in [5.74, 6) is -0.317. The summed E-state index contributed by atoms with van der Waals surface area (Å²) in [4.78, 5) is 11.3. The third-order valence-electron chi connectivity index (χ3n) is 2.29. The summed E-state index contributed by atoms with van der Waals surface area (Å²) < 4.78 is 10.3. The highest BCUT2D eigenvalue weighted by Crippen LogP contribution is 2.19. The van der Waals surface area contributed by atoms with Crippen molar-refractivity contribution >= 4 is 5.97 Å². The molecule has 0 spiro atoms. The highest BCUT2D eigenvalue weighted by Gasteiger charge is 2.31. The van der Waals surface area contributed by atoms with Crippen LogP contribution in [-0.2, 0) is 14.3 Å². The smallest absolute Gasteiger partial charge is 0.308 e. The van der Waals surface area contributed by atoms with Crippen molar-refractivity contribution in [3.63, 3.8) is 0 Å². The van der Waals surface area contributed by atoms with Crippen LogP contribution in [0.1, 0.15) is 26.7 Å². The Bertz CT molecular complexity index is 180. The monoisotopic (exact) mass is 219 g/mol. The molecule has 15 heavy (non-hydrogen) atoms. The van der Waals surface area contributed by atoms with Gasteiger partial charge in [-0.1, -0.05) is 6.92 Å². The number of aliphatic hydroxyl groups excluding tert-OH is 1. The van der Waals surface area contributed by atoms with E-state index in [0.29, 0.717) is 13.0 Å². The number of carbonyl (C=O) groups excluding carboxylic acids is 1. The first-order chi connectivity index (χ1) is 7.14. The Morgan fingerprint density at radius 3 is 2.53 bits per heavy atom. The van der Waals surface area contributed by atoms with Crippen molar-refractivity contribution < 1.29 is 19.4 Å². The summed E-state index contributed by atoms with van der Waals surface area (Å²) in [5, 5.41) is 8.68. The summed E-state index contributed by atoms with van der Waals surface area (Å²) in [6, 6.07) is 0. The van der Waals surface area contributed by atoms with Gasteiger partial charge in [-0.15, -0.1) is 0 Å². The van der Waals surface area contributed by atoms with Gasteiger partial charge in [0.2, 0.25) is 0 Å². The van der Waals surface area contributed by atoms with Crippen LogP contribution in [0.5, 0.6) is 0 Å². The second kappa shape index (κ2) is 7.62. The summed E-state index contributed by atoms with van der Waals surface area (Å²) in [7, 11) is 0. The van der Waals surface area contributed by atoms with E-state index in [1.165, 1.54) is 0 Å². The lowest BCUT2D eigenvalue weighted by Gasteiger charge is -2.30. The molecule has 3 N–H and O–H groups in total. The van der Waals surface area contributed by atoms with E-state index in [-0.39, 0.29) is 32.1 Å². The highest BCUT2D eigenvalue weighted by atomic mass is 16.5. The predicted octanol–water partition coefficient (Wildman–Crippen LogP) is 0.0560. The van der Waals surface area contributed by atoms with Gasteiger partial charge in [0.1, 0.15) is 0 Å². The van der Waals surface area contributed by atoms with E-state index in [1.54, 1.807) is 6.92 Å². The van der Waals surface area contributed by atoms with Crippen LogP contribution in [0.2, 0.25) is 0 Å². The average Bonchev–Trinajstić information content (AvgIpc) is 2.25. The standard InChI is InChI=1S/C10H21NO4/c1-3-10(8-11,15-6-5-12)7-9(13)14-4-2/h12H,3-8,11H2,1-2H3. The van der Waals surface area contributed by atoms with E-state index in [0.717, 1.165) is 0 Å². The van der Waals surface area contributed by atoms with E-state index in [1.807, 2.05) is 6.92 Å². The predicted molar refractivity (Wildman–Crippen MR) is 56.4 cm³/mol. The fourth-order valence-electron chi connectivity index (χ4n) is 1.29. The van der Waals surface area contributed by atoms with Crippen LogP contribution < -0.4 is 5.73 Å². The molecule has 90 valence electrons. The molecule has 0 aliphatic heterocycles. The first-order valence-electron chi connectivity index (χ1n) is 5.24. The highest BCUT2D eigenvalue weighted by molar-refractivity contribution is 5.70. The molecular weight excluding hydrogens is 198 g/mol. The topological polar surface area (TPSA) is 81.8 Å². The number of ether oxygens (including phenoxy) is 2. The number of aliphatic hydroxyl groups is 1. The van der Waals surface area contributed by atoms with Gasteiger partial charge in [-0.3, -0.25) is 4.79 Å². The number of hydrogen-bond donors (Lipinski definition) is 2. The van der Waals surface area contributed by atoms with Gasteiger partial charge >= 0.3 is 5.97 Å². The van der Waals surface area contributed by atoms with Crippen LogP contribution in [0.25, 0.3) is 0 Å². The molecule has 0 radical (unpaired) electrons. The lowest BCUT2D eigenvalue weighted by atomic mass is 9.96. The Hall–Kier alpha value is -0.650. The Kier molecular flexibility index (Phi) is 7.29. The first kappa shape index (κ1) is 14.3. The van der Waals surface area contributed by atoms with E-state index < -0.39 is 5.60 Å². The van der Waals surface area contributed by atoms with Gasteiger partial charge in [0.25, 0.3) is 0 Å². The molecule has 5 heteroatoms. The fourth-order valence-corrected chi connectivity index (χ4v) is 1.29. The molecule has 0 rings (SSSR count). The summed E-state index contributed by atoms with van der Waals surface area (Å²) in [6.45, 7) is 4.34. The quantitative estimate of drug-likeness (QED) is 0.564. The Labute approximate surface area is 90.5 Å². The molecule has 0 aliphatic rings. The third kappa shape index (κ3) is 5.11. The third-order valence-corrected chi connectivity index (χ3v) is 2.29. The van der Waals surface area contributed by atoms with Crippen LogP contribution in [-0.4, -0.2) is 43.0 Å². The minimum Gasteiger partial charge on any atom is -0.466 e. The molecule has 0 aromatic carbocycles. The number of hydrogen-bond acceptors (Lipinski definition) is 5. The Morgan fingerprint density at radius 1 is 1.47 bits per heavy atom. The molecule has 1 unspecified atom stereocenters. The van der Waals surface area contributed by atoms with E-state index >= 15 is 0 Å². The Balaban J connectivity index is 4.27. The number of nitrogens with two attached hydrogens (primary N) is 1. The lowest BCUT2D eigenvalue weighted by molar-refractivity contribution is -0.152. The average molecular weight is 219 g/mol. The summed E-state index contributed by atoms with van der Waals surface area (Å²) in [5.41, 5.74) is 4.89. The summed E-state index contributed by atoms with van der Waals surface area (Å²) in [6.07, 6.45) is 0.746. The molecule has 0 heterocycles. The van der Waals surface area contributed by atoms with Gasteiger partial charge in [-0.2, -0.15) is 0 Å². The molecule has 0 saturated heterocycles. The zero-order valence-electron chi connectivity index (χ0n) is 9.49. The lowest BCUT2D eigenvalue weighted by Crippen LogP contribution is -2.43. The van der Waals surface area contributed by atoms with Gasteiger partial charge in [0.05, 0.1) is 31.8 Å². The molecular formula is C10H21NO4. The van der Waals surface area contributed by atoms with Crippen LogP contribution in [0.15, 0.2) is 0 Å². The number of carbonyl (C=O) groups is 1. The molecule has 0 aromatic heterocycles. The minimum atomic E-state index is -0.699. The normalized spacial score (nSPS) is 14.7. The number of esters is 1. The van der Waals surface area contributed by atoms with Crippen LogP contribution >= 0.6 is 0 Å². The largest absolute Gasteiger partial charge is 0.466 e. The minimum absolute atomic E-state index is 0.0788. The van der Waals surface area contributed by atoms with Crippen LogP contribution in [0.4, 0.5) is 0 Å². The van der Waals surface area contributed by atoms with Crippen LogP contribution in [0, 0.1) is 0 Å². The van der Waals surface area contributed by atoms with Crippen molar-refractivity contribution in [2.75, 3.05) is 26.4 Å². The van der Waals surface area contributed by atoms with Crippen molar-refractivity contribution in [1.82, 2.24) is 0 Å². The van der Waals surface area contributed by atoms with Gasteiger partial charge in [-0.25, -0.2) is 0 Å². The molecule has 0 fully saturated rings. The molecule has 0 aromatic rings. The van der Waals surface area contributed by atoms with Crippen molar-refractivity contribution in [1.29, 1.82) is 0 Å². The Morgan fingerprint density at radius 2 is 2.13 bits per heavy atom.